The summed E-state index contributed by atoms with van der Waals surface area (Å²) >= 11 is 0. The molecule has 2 aliphatic rings. The molecule has 1 aliphatic carbocycles. The second-order valence-electron chi connectivity index (χ2n) is 6.16. The molecule has 1 amide bonds. The van der Waals surface area contributed by atoms with Gasteiger partial charge in [0.05, 0.1) is 12.6 Å². The van der Waals surface area contributed by atoms with Crippen molar-refractivity contribution in [3.05, 3.63) is 29.8 Å². The Kier molecular flexibility index (Phi) is 4.52. The van der Waals surface area contributed by atoms with Crippen LogP contribution in [-0.2, 0) is 9.59 Å². The molecule has 1 fully saturated rings. The highest BCUT2D eigenvalue weighted by Crippen LogP contribution is 2.35. The Labute approximate surface area is 134 Å². The van der Waals surface area contributed by atoms with Crippen LogP contribution in [0.25, 0.3) is 0 Å². The van der Waals surface area contributed by atoms with Gasteiger partial charge in [0.1, 0.15) is 12.4 Å². The number of ether oxygens (including phenoxy) is 1. The van der Waals surface area contributed by atoms with Gasteiger partial charge in [-0.25, -0.2) is 4.79 Å². The lowest BCUT2D eigenvalue weighted by Gasteiger charge is -2.33. The normalized spacial score (nSPS) is 27.5. The molecule has 0 bridgehead atoms. The topological polar surface area (TPSA) is 87.1 Å². The zero-order valence-corrected chi connectivity index (χ0v) is 12.9. The quantitative estimate of drug-likeness (QED) is 0.864. The lowest BCUT2D eigenvalue weighted by molar-refractivity contribution is -0.153. The predicted molar refractivity (Wildman–Crippen MR) is 82.0 cm³/mol. The van der Waals surface area contributed by atoms with E-state index >= 15 is 0 Å². The Bertz CT molecular complexity index is 594. The van der Waals surface area contributed by atoms with Crippen LogP contribution in [0.15, 0.2) is 24.3 Å². The molecular formula is C17H21NO5. The molecule has 1 atom stereocenters. The minimum Gasteiger partial charge on any atom is -0.491 e. The maximum atomic E-state index is 12.9. The summed E-state index contributed by atoms with van der Waals surface area (Å²) in [6.45, 7) is 0.533. The number of carbonyl (C=O) groups excluding carboxylic acids is 1. The van der Waals surface area contributed by atoms with E-state index in [1.54, 1.807) is 24.3 Å². The van der Waals surface area contributed by atoms with Crippen molar-refractivity contribution in [2.45, 2.75) is 37.8 Å². The molecule has 1 aromatic rings. The maximum absolute atomic E-state index is 12.9. The fraction of sp³-hybridized carbons (Fsp3) is 0.529. The number of hydrogen-bond donors (Lipinski definition) is 2. The summed E-state index contributed by atoms with van der Waals surface area (Å²) in [4.78, 5) is 26.1. The van der Waals surface area contributed by atoms with Crippen LogP contribution < -0.4 is 4.74 Å². The third-order valence-corrected chi connectivity index (χ3v) is 4.68. The fourth-order valence-electron chi connectivity index (χ4n) is 3.45. The molecule has 124 valence electrons. The molecule has 0 saturated heterocycles. The standard InChI is InChI=1S/C17H21NO5/c19-12-7-5-11(6-8-12)16(20)18-9-10-23-14-4-2-1-3-13(14)15(18)17(21)22/h1-4,11-12,15,19H,5-10H2,(H,21,22). The molecule has 1 aliphatic heterocycles. The minimum atomic E-state index is -1.05. The van der Waals surface area contributed by atoms with Gasteiger partial charge < -0.3 is 19.8 Å². The number of carboxylic acids is 1. The molecule has 0 aromatic heterocycles. The van der Waals surface area contributed by atoms with Crippen molar-refractivity contribution in [2.24, 2.45) is 5.92 Å². The highest BCUT2D eigenvalue weighted by atomic mass is 16.5. The van der Waals surface area contributed by atoms with Crippen molar-refractivity contribution in [1.29, 1.82) is 0 Å². The number of carbonyl (C=O) groups is 2. The molecule has 6 nitrogen and oxygen atoms in total. The smallest absolute Gasteiger partial charge is 0.331 e. The number of aliphatic hydroxyl groups excluding tert-OH is 1. The van der Waals surface area contributed by atoms with E-state index in [0.29, 0.717) is 37.0 Å². The second-order valence-corrected chi connectivity index (χ2v) is 6.16. The van der Waals surface area contributed by atoms with Gasteiger partial charge >= 0.3 is 5.97 Å². The van der Waals surface area contributed by atoms with Crippen molar-refractivity contribution >= 4 is 11.9 Å². The third kappa shape index (κ3) is 3.17. The first-order valence-electron chi connectivity index (χ1n) is 8.01. The van der Waals surface area contributed by atoms with Crippen molar-refractivity contribution in [2.75, 3.05) is 13.2 Å². The zero-order chi connectivity index (χ0) is 16.4. The molecule has 23 heavy (non-hydrogen) atoms. The Morgan fingerprint density at radius 3 is 2.52 bits per heavy atom. The van der Waals surface area contributed by atoms with Gasteiger partial charge in [-0.05, 0) is 31.7 Å². The summed E-state index contributed by atoms with van der Waals surface area (Å²) in [5.41, 5.74) is 0.515. The van der Waals surface area contributed by atoms with E-state index in [-0.39, 0.29) is 31.1 Å². The number of rotatable bonds is 2. The maximum Gasteiger partial charge on any atom is 0.331 e. The predicted octanol–water partition coefficient (Wildman–Crippen LogP) is 1.58. The first-order valence-corrected chi connectivity index (χ1v) is 8.01. The van der Waals surface area contributed by atoms with Gasteiger partial charge in [-0.15, -0.1) is 0 Å². The van der Waals surface area contributed by atoms with Crippen LogP contribution >= 0.6 is 0 Å². The van der Waals surface area contributed by atoms with E-state index in [1.807, 2.05) is 0 Å². The van der Waals surface area contributed by atoms with Gasteiger partial charge in [0.2, 0.25) is 5.91 Å². The van der Waals surface area contributed by atoms with E-state index < -0.39 is 12.0 Å². The summed E-state index contributed by atoms with van der Waals surface area (Å²) in [5.74, 6) is -0.892. The minimum absolute atomic E-state index is 0.149. The van der Waals surface area contributed by atoms with Crippen LogP contribution in [0.4, 0.5) is 0 Å². The summed E-state index contributed by atoms with van der Waals surface area (Å²) in [6, 6.07) is 5.95. The number of carboxylic acid groups (broad SMARTS) is 1. The molecule has 1 heterocycles. The SMILES string of the molecule is O=C(O)C1c2ccccc2OCCN1C(=O)C1CCC(O)CC1. The van der Waals surface area contributed by atoms with Crippen molar-refractivity contribution in [3.8, 4) is 5.75 Å². The molecule has 0 spiro atoms. The van der Waals surface area contributed by atoms with Gasteiger partial charge in [-0.1, -0.05) is 18.2 Å². The van der Waals surface area contributed by atoms with Gasteiger partial charge in [0.15, 0.2) is 6.04 Å². The van der Waals surface area contributed by atoms with Gasteiger partial charge in [0.25, 0.3) is 0 Å². The van der Waals surface area contributed by atoms with E-state index in [0.717, 1.165) is 0 Å². The highest BCUT2D eigenvalue weighted by molar-refractivity contribution is 5.86. The lowest BCUT2D eigenvalue weighted by atomic mass is 9.86. The average Bonchev–Trinajstić information content (AvgIpc) is 2.74. The van der Waals surface area contributed by atoms with Gasteiger partial charge in [-0.2, -0.15) is 0 Å². The summed E-state index contributed by atoms with van der Waals surface area (Å²) in [7, 11) is 0. The number of nitrogens with zero attached hydrogens (tertiary/aromatic N) is 1. The van der Waals surface area contributed by atoms with Crippen LogP contribution in [0.1, 0.15) is 37.3 Å². The number of para-hydroxylation sites is 1. The molecule has 1 saturated carbocycles. The molecule has 1 aromatic carbocycles. The third-order valence-electron chi connectivity index (χ3n) is 4.68. The van der Waals surface area contributed by atoms with Crippen molar-refractivity contribution < 1.29 is 24.5 Å². The van der Waals surface area contributed by atoms with Crippen LogP contribution in [0.2, 0.25) is 0 Å². The summed E-state index contributed by atoms with van der Waals surface area (Å²) in [5, 5.41) is 19.3. The number of fused-ring (bicyclic) bond motifs is 1. The van der Waals surface area contributed by atoms with Crippen molar-refractivity contribution in [3.63, 3.8) is 0 Å². The average molecular weight is 319 g/mol. The lowest BCUT2D eigenvalue weighted by Crippen LogP contribution is -2.44. The molecule has 3 rings (SSSR count). The van der Waals surface area contributed by atoms with E-state index in [1.165, 1.54) is 4.90 Å². The van der Waals surface area contributed by atoms with Crippen LogP contribution in [0.3, 0.4) is 0 Å². The van der Waals surface area contributed by atoms with Crippen molar-refractivity contribution in [1.82, 2.24) is 4.90 Å². The molecule has 2 N–H and O–H groups in total. The zero-order valence-electron chi connectivity index (χ0n) is 12.9. The summed E-state index contributed by atoms with van der Waals surface area (Å²) < 4.78 is 5.62. The molecule has 6 heteroatoms. The molecular weight excluding hydrogens is 298 g/mol. The number of benzene rings is 1. The first kappa shape index (κ1) is 15.8. The van der Waals surface area contributed by atoms with E-state index in [4.69, 9.17) is 4.74 Å². The Morgan fingerprint density at radius 1 is 1.13 bits per heavy atom. The molecule has 0 radical (unpaired) electrons. The Balaban J connectivity index is 1.88. The van der Waals surface area contributed by atoms with Gasteiger partial charge in [0, 0.05) is 11.5 Å². The van der Waals surface area contributed by atoms with Crippen LogP contribution in [0.5, 0.6) is 5.75 Å². The monoisotopic (exact) mass is 319 g/mol. The van der Waals surface area contributed by atoms with Crippen LogP contribution in [-0.4, -0.2) is 46.2 Å². The van der Waals surface area contributed by atoms with Crippen LogP contribution in [0, 0.1) is 5.92 Å². The number of hydrogen-bond acceptors (Lipinski definition) is 4. The van der Waals surface area contributed by atoms with E-state index in [9.17, 15) is 19.8 Å². The highest BCUT2D eigenvalue weighted by Gasteiger charge is 2.38. The second kappa shape index (κ2) is 6.58. The summed E-state index contributed by atoms with van der Waals surface area (Å²) in [6.07, 6.45) is 2.04. The Hall–Kier alpha value is -2.08. The van der Waals surface area contributed by atoms with Gasteiger partial charge in [-0.3, -0.25) is 4.79 Å². The Morgan fingerprint density at radius 2 is 1.83 bits per heavy atom. The number of aliphatic carboxylic acids is 1. The number of amides is 1. The largest absolute Gasteiger partial charge is 0.491 e. The fourth-order valence-corrected chi connectivity index (χ4v) is 3.45. The first-order chi connectivity index (χ1) is 11.1. The molecule has 1 unspecified atom stereocenters. The number of aliphatic hydroxyl groups is 1. The van der Waals surface area contributed by atoms with E-state index in [2.05, 4.69) is 0 Å².